The molecule has 0 spiro atoms. The van der Waals surface area contributed by atoms with Crippen molar-refractivity contribution in [3.05, 3.63) is 53.7 Å². The lowest BCUT2D eigenvalue weighted by molar-refractivity contribution is 0.102. The second-order valence-electron chi connectivity index (χ2n) is 4.76. The van der Waals surface area contributed by atoms with Gasteiger partial charge in [-0.15, -0.1) is 11.8 Å². The van der Waals surface area contributed by atoms with E-state index < -0.39 is 0 Å². The summed E-state index contributed by atoms with van der Waals surface area (Å²) in [6.07, 6.45) is 2.51. The van der Waals surface area contributed by atoms with Crippen LogP contribution in [0.3, 0.4) is 0 Å². The fourth-order valence-electron chi connectivity index (χ4n) is 2.13. The van der Waals surface area contributed by atoms with E-state index in [0.717, 1.165) is 34.6 Å². The molecular formula is C16H16N2O2S. The van der Waals surface area contributed by atoms with E-state index in [1.165, 1.54) is 0 Å². The molecule has 0 amide bonds. The molecule has 2 heterocycles. The zero-order valence-electron chi connectivity index (χ0n) is 11.8. The number of rotatable bonds is 6. The number of H-pyrrole nitrogens is 1. The van der Waals surface area contributed by atoms with Crippen LogP contribution in [0, 0.1) is 0 Å². The van der Waals surface area contributed by atoms with Crippen LogP contribution in [0.15, 0.2) is 41.0 Å². The Labute approximate surface area is 127 Å². The first-order chi connectivity index (χ1) is 10.3. The fraction of sp³-hybridized carbons (Fsp3) is 0.250. The molecule has 0 saturated carbocycles. The molecule has 108 valence electrons. The van der Waals surface area contributed by atoms with E-state index in [0.29, 0.717) is 11.5 Å². The molecule has 0 atom stereocenters. The van der Waals surface area contributed by atoms with Crippen LogP contribution in [-0.2, 0) is 12.2 Å². The van der Waals surface area contributed by atoms with Gasteiger partial charge in [-0.05, 0) is 30.3 Å². The molecule has 0 aliphatic heterocycles. The third-order valence-corrected chi connectivity index (χ3v) is 4.20. The number of fused-ring (bicyclic) bond motifs is 1. The summed E-state index contributed by atoms with van der Waals surface area (Å²) in [7, 11) is 0. The number of aryl methyl sites for hydroxylation is 1. The van der Waals surface area contributed by atoms with Crippen LogP contribution in [0.2, 0.25) is 0 Å². The first-order valence-corrected chi connectivity index (χ1v) is 8.03. The number of furan rings is 1. The Morgan fingerprint density at radius 1 is 1.38 bits per heavy atom. The zero-order valence-corrected chi connectivity index (χ0v) is 12.6. The zero-order chi connectivity index (χ0) is 14.7. The molecule has 0 fully saturated rings. The monoisotopic (exact) mass is 300 g/mol. The van der Waals surface area contributed by atoms with Crippen molar-refractivity contribution in [1.82, 2.24) is 9.97 Å². The highest BCUT2D eigenvalue weighted by molar-refractivity contribution is 7.99. The largest absolute Gasteiger partial charge is 0.468 e. The minimum absolute atomic E-state index is 0.126. The van der Waals surface area contributed by atoms with Crippen molar-refractivity contribution in [2.24, 2.45) is 0 Å². The molecule has 3 rings (SSSR count). The van der Waals surface area contributed by atoms with Gasteiger partial charge in [0, 0.05) is 12.0 Å². The number of carbonyl (C=O) groups is 1. The molecule has 0 saturated heterocycles. The van der Waals surface area contributed by atoms with Crippen LogP contribution < -0.4 is 0 Å². The molecule has 0 radical (unpaired) electrons. The predicted octanol–water partition coefficient (Wildman–Crippen LogP) is 3.83. The van der Waals surface area contributed by atoms with Gasteiger partial charge in [-0.2, -0.15) is 0 Å². The first kappa shape index (κ1) is 13.9. The van der Waals surface area contributed by atoms with Crippen LogP contribution in [0.25, 0.3) is 11.0 Å². The maximum absolute atomic E-state index is 12.2. The topological polar surface area (TPSA) is 58.9 Å². The minimum atomic E-state index is 0.126. The fourth-order valence-corrected chi connectivity index (χ4v) is 2.95. The van der Waals surface area contributed by atoms with Gasteiger partial charge >= 0.3 is 0 Å². The number of carbonyl (C=O) groups excluding carboxylic acids is 1. The summed E-state index contributed by atoms with van der Waals surface area (Å²) in [6.45, 7) is 2.05. The average molecular weight is 300 g/mol. The van der Waals surface area contributed by atoms with Gasteiger partial charge in [0.05, 0.1) is 28.8 Å². The lowest BCUT2D eigenvalue weighted by Gasteiger charge is -2.00. The quantitative estimate of drug-likeness (QED) is 0.703. The average Bonchev–Trinajstić information content (AvgIpc) is 3.14. The number of nitrogens with zero attached hydrogens (tertiary/aromatic N) is 1. The van der Waals surface area contributed by atoms with Crippen molar-refractivity contribution in [2.75, 3.05) is 5.75 Å². The van der Waals surface area contributed by atoms with Crippen molar-refractivity contribution in [3.63, 3.8) is 0 Å². The van der Waals surface area contributed by atoms with Gasteiger partial charge in [0.1, 0.15) is 11.6 Å². The highest BCUT2D eigenvalue weighted by atomic mass is 32.2. The number of aromatic amines is 1. The maximum Gasteiger partial charge on any atom is 0.172 e. The SMILES string of the molecule is CCc1nc2ccc(C(=O)CSCc3ccco3)cc2[nH]1. The number of imidazole rings is 1. The molecule has 21 heavy (non-hydrogen) atoms. The molecule has 2 aromatic heterocycles. The molecule has 3 aromatic rings. The second-order valence-corrected chi connectivity index (χ2v) is 5.75. The van der Waals surface area contributed by atoms with E-state index in [4.69, 9.17) is 4.42 Å². The molecule has 5 heteroatoms. The number of aromatic nitrogens is 2. The Morgan fingerprint density at radius 2 is 2.29 bits per heavy atom. The normalized spacial score (nSPS) is 11.1. The Hall–Kier alpha value is -2.01. The Kier molecular flexibility index (Phi) is 4.10. The summed E-state index contributed by atoms with van der Waals surface area (Å²) in [5.41, 5.74) is 2.56. The van der Waals surface area contributed by atoms with E-state index >= 15 is 0 Å². The van der Waals surface area contributed by atoms with Crippen molar-refractivity contribution in [1.29, 1.82) is 0 Å². The highest BCUT2D eigenvalue weighted by Crippen LogP contribution is 2.18. The summed E-state index contributed by atoms with van der Waals surface area (Å²) in [6, 6.07) is 9.40. The van der Waals surface area contributed by atoms with E-state index in [2.05, 4.69) is 16.9 Å². The second kappa shape index (κ2) is 6.18. The highest BCUT2D eigenvalue weighted by Gasteiger charge is 2.09. The number of hydrogen-bond acceptors (Lipinski definition) is 4. The van der Waals surface area contributed by atoms with Crippen molar-refractivity contribution in [3.8, 4) is 0 Å². The number of hydrogen-bond donors (Lipinski definition) is 1. The standard InChI is InChI=1S/C16H16N2O2S/c1-2-16-17-13-6-5-11(8-14(13)18-16)15(19)10-21-9-12-4-3-7-20-12/h3-8H,2,9-10H2,1H3,(H,17,18). The summed E-state index contributed by atoms with van der Waals surface area (Å²) < 4.78 is 5.25. The minimum Gasteiger partial charge on any atom is -0.468 e. The van der Waals surface area contributed by atoms with Gasteiger partial charge in [-0.25, -0.2) is 4.98 Å². The summed E-state index contributed by atoms with van der Waals surface area (Å²) in [5.74, 6) is 3.12. The Bertz CT molecular complexity index is 747. The van der Waals surface area contributed by atoms with Gasteiger partial charge in [0.2, 0.25) is 0 Å². The smallest absolute Gasteiger partial charge is 0.172 e. The van der Waals surface area contributed by atoms with E-state index in [1.54, 1.807) is 18.0 Å². The molecule has 0 aliphatic rings. The number of benzene rings is 1. The Balaban J connectivity index is 1.66. The number of ketones is 1. The predicted molar refractivity (Wildman–Crippen MR) is 84.7 cm³/mol. The van der Waals surface area contributed by atoms with Gasteiger partial charge in [-0.3, -0.25) is 4.79 Å². The van der Waals surface area contributed by atoms with Crippen LogP contribution in [-0.4, -0.2) is 21.5 Å². The van der Waals surface area contributed by atoms with Crippen LogP contribution >= 0.6 is 11.8 Å². The van der Waals surface area contributed by atoms with Crippen molar-refractivity contribution < 1.29 is 9.21 Å². The van der Waals surface area contributed by atoms with E-state index in [9.17, 15) is 4.79 Å². The van der Waals surface area contributed by atoms with E-state index in [1.807, 2.05) is 30.3 Å². The van der Waals surface area contributed by atoms with Crippen LogP contribution in [0.5, 0.6) is 0 Å². The lowest BCUT2D eigenvalue weighted by atomic mass is 10.1. The van der Waals surface area contributed by atoms with Crippen molar-refractivity contribution in [2.45, 2.75) is 19.1 Å². The Morgan fingerprint density at radius 3 is 3.05 bits per heavy atom. The summed E-state index contributed by atoms with van der Waals surface area (Å²) in [5, 5.41) is 0. The third-order valence-electron chi connectivity index (χ3n) is 3.25. The van der Waals surface area contributed by atoms with Gasteiger partial charge in [0.15, 0.2) is 5.78 Å². The third kappa shape index (κ3) is 3.19. The maximum atomic E-state index is 12.2. The molecule has 1 N–H and O–H groups in total. The van der Waals surface area contributed by atoms with Gasteiger partial charge in [-0.1, -0.05) is 6.92 Å². The van der Waals surface area contributed by atoms with Gasteiger partial charge in [0.25, 0.3) is 0 Å². The summed E-state index contributed by atoms with van der Waals surface area (Å²) >= 11 is 1.56. The number of thioether (sulfide) groups is 1. The molecule has 0 unspecified atom stereocenters. The summed E-state index contributed by atoms with van der Waals surface area (Å²) in [4.78, 5) is 19.9. The molecular weight excluding hydrogens is 284 g/mol. The van der Waals surface area contributed by atoms with Crippen molar-refractivity contribution >= 4 is 28.6 Å². The van der Waals surface area contributed by atoms with Gasteiger partial charge < -0.3 is 9.40 Å². The van der Waals surface area contributed by atoms with Crippen LogP contribution in [0.1, 0.15) is 28.9 Å². The molecule has 0 aliphatic carbocycles. The van der Waals surface area contributed by atoms with E-state index in [-0.39, 0.29) is 5.78 Å². The molecule has 0 bridgehead atoms. The molecule has 1 aromatic carbocycles. The lowest BCUT2D eigenvalue weighted by Crippen LogP contribution is -2.02. The number of Topliss-reactive ketones (excluding diaryl/α,β-unsaturated/α-hetero) is 1. The molecule has 4 nitrogen and oxygen atoms in total. The first-order valence-electron chi connectivity index (χ1n) is 6.88. The number of nitrogens with one attached hydrogen (secondary N) is 1. The van der Waals surface area contributed by atoms with Crippen LogP contribution in [0.4, 0.5) is 0 Å².